The summed E-state index contributed by atoms with van der Waals surface area (Å²) in [4.78, 5) is 28.5. The molecular weight excluding hydrogens is 428 g/mol. The molecule has 1 aromatic rings. The lowest BCUT2D eigenvalue weighted by Crippen LogP contribution is -2.43. The highest BCUT2D eigenvalue weighted by Gasteiger charge is 2.37. The molecule has 0 aromatic carbocycles. The second-order valence-electron chi connectivity index (χ2n) is 11.0. The first kappa shape index (κ1) is 26.2. The van der Waals surface area contributed by atoms with E-state index in [1.165, 1.54) is 9.80 Å². The predicted octanol–water partition coefficient (Wildman–Crippen LogP) is 3.82. The minimum atomic E-state index is -1.90. The minimum absolute atomic E-state index is 0.000801. The first-order valence-electron chi connectivity index (χ1n) is 11.2. The number of ether oxygens (including phenoxy) is 1. The maximum atomic E-state index is 13.0. The summed E-state index contributed by atoms with van der Waals surface area (Å²) in [5, 5.41) is 15.2. The SMILES string of the molecule is CN(CCO[Si](C)(C)C(C)(C)C)C(=O)c1nn2c(c1O)CN(C(=O)OC(C)(C)C)CCC2. The number of aryl methyl sites for hydroxylation is 1. The van der Waals surface area contributed by atoms with E-state index < -0.39 is 20.0 Å². The summed E-state index contributed by atoms with van der Waals surface area (Å²) in [7, 11) is -0.228. The van der Waals surface area contributed by atoms with Crippen LogP contribution in [0.5, 0.6) is 5.75 Å². The molecule has 0 radical (unpaired) electrons. The van der Waals surface area contributed by atoms with Crippen molar-refractivity contribution in [2.45, 2.75) is 84.8 Å². The second kappa shape index (κ2) is 9.42. The van der Waals surface area contributed by atoms with Crippen molar-refractivity contribution in [3.63, 3.8) is 0 Å². The van der Waals surface area contributed by atoms with Crippen LogP contribution in [0.25, 0.3) is 0 Å². The van der Waals surface area contributed by atoms with Crippen LogP contribution in [0.2, 0.25) is 18.1 Å². The molecule has 2 amide bonds. The van der Waals surface area contributed by atoms with E-state index in [9.17, 15) is 14.7 Å². The van der Waals surface area contributed by atoms with Crippen molar-refractivity contribution >= 4 is 20.3 Å². The van der Waals surface area contributed by atoms with E-state index in [1.54, 1.807) is 11.7 Å². The third-order valence-electron chi connectivity index (χ3n) is 6.07. The Morgan fingerprint density at radius 2 is 1.78 bits per heavy atom. The topological polar surface area (TPSA) is 97.1 Å². The highest BCUT2D eigenvalue weighted by Crippen LogP contribution is 2.36. The maximum absolute atomic E-state index is 13.0. The number of carbonyl (C=O) groups is 2. The summed E-state index contributed by atoms with van der Waals surface area (Å²) in [6.45, 7) is 18.3. The molecule has 1 aliphatic rings. The molecule has 0 bridgehead atoms. The average Bonchev–Trinajstić information content (AvgIpc) is 2.81. The Kier molecular flexibility index (Phi) is 7.71. The van der Waals surface area contributed by atoms with Crippen LogP contribution in [0, 0.1) is 0 Å². The molecular formula is C22H40N4O5Si. The average molecular weight is 469 g/mol. The van der Waals surface area contributed by atoms with Gasteiger partial charge in [0.1, 0.15) is 11.3 Å². The number of hydrogen-bond donors (Lipinski definition) is 1. The molecule has 0 atom stereocenters. The molecule has 2 heterocycles. The van der Waals surface area contributed by atoms with Gasteiger partial charge in [0.05, 0.1) is 13.2 Å². The lowest BCUT2D eigenvalue weighted by atomic mass is 10.2. The zero-order chi connectivity index (χ0) is 24.5. The fraction of sp³-hybridized carbons (Fsp3) is 0.773. The van der Waals surface area contributed by atoms with Gasteiger partial charge in [-0.3, -0.25) is 9.48 Å². The van der Waals surface area contributed by atoms with Crippen LogP contribution in [-0.2, 0) is 22.3 Å². The van der Waals surface area contributed by atoms with Gasteiger partial charge in [0.15, 0.2) is 19.8 Å². The van der Waals surface area contributed by atoms with E-state index in [-0.39, 0.29) is 28.9 Å². The standard InChI is InChI=1S/C22H40N4O5Si/c1-21(2,3)31-20(29)25-11-10-12-26-16(15-25)18(27)17(23-26)19(28)24(7)13-14-30-32(8,9)22(4,5)6/h27H,10-15H2,1-9H3. The molecule has 9 nitrogen and oxygen atoms in total. The van der Waals surface area contributed by atoms with Gasteiger partial charge in [0.25, 0.3) is 5.91 Å². The van der Waals surface area contributed by atoms with E-state index in [4.69, 9.17) is 9.16 Å². The summed E-state index contributed by atoms with van der Waals surface area (Å²) in [5.41, 5.74) is -0.161. The molecule has 182 valence electrons. The van der Waals surface area contributed by atoms with Gasteiger partial charge >= 0.3 is 6.09 Å². The Morgan fingerprint density at radius 1 is 1.16 bits per heavy atom. The van der Waals surface area contributed by atoms with Gasteiger partial charge in [-0.2, -0.15) is 5.10 Å². The van der Waals surface area contributed by atoms with Crippen molar-refractivity contribution in [3.8, 4) is 5.75 Å². The van der Waals surface area contributed by atoms with E-state index in [1.807, 2.05) is 20.8 Å². The minimum Gasteiger partial charge on any atom is -0.504 e. The number of hydrogen-bond acceptors (Lipinski definition) is 6. The van der Waals surface area contributed by atoms with Crippen molar-refractivity contribution in [1.29, 1.82) is 0 Å². The van der Waals surface area contributed by atoms with Gasteiger partial charge in [-0.1, -0.05) is 20.8 Å². The lowest BCUT2D eigenvalue weighted by molar-refractivity contribution is 0.0236. The number of carbonyl (C=O) groups excluding carboxylic acids is 2. The number of fused-ring (bicyclic) bond motifs is 1. The molecule has 0 aliphatic carbocycles. The summed E-state index contributed by atoms with van der Waals surface area (Å²) >= 11 is 0. The molecule has 1 aromatic heterocycles. The lowest BCUT2D eigenvalue weighted by Gasteiger charge is -2.36. The number of aromatic nitrogens is 2. The van der Waals surface area contributed by atoms with Crippen molar-refractivity contribution in [3.05, 3.63) is 11.4 Å². The number of nitrogens with zero attached hydrogens (tertiary/aromatic N) is 4. The summed E-state index contributed by atoms with van der Waals surface area (Å²) in [5.74, 6) is -0.548. The van der Waals surface area contributed by atoms with Crippen LogP contribution < -0.4 is 0 Å². The summed E-state index contributed by atoms with van der Waals surface area (Å²) in [6, 6.07) is 0. The molecule has 1 aliphatic heterocycles. The highest BCUT2D eigenvalue weighted by atomic mass is 28.4. The third kappa shape index (κ3) is 6.25. The Balaban J connectivity index is 2.09. The van der Waals surface area contributed by atoms with Gasteiger partial charge in [-0.15, -0.1) is 0 Å². The molecule has 0 fully saturated rings. The van der Waals surface area contributed by atoms with Crippen LogP contribution in [0.1, 0.15) is 64.1 Å². The number of amides is 2. The largest absolute Gasteiger partial charge is 0.504 e. The predicted molar refractivity (Wildman–Crippen MR) is 125 cm³/mol. The van der Waals surface area contributed by atoms with E-state index >= 15 is 0 Å². The van der Waals surface area contributed by atoms with Gasteiger partial charge in [0, 0.05) is 26.7 Å². The van der Waals surface area contributed by atoms with Crippen molar-refractivity contribution in [2.24, 2.45) is 0 Å². The van der Waals surface area contributed by atoms with Gasteiger partial charge in [-0.05, 0) is 45.3 Å². The van der Waals surface area contributed by atoms with Crippen molar-refractivity contribution in [2.75, 3.05) is 26.7 Å². The fourth-order valence-corrected chi connectivity index (χ4v) is 4.10. The second-order valence-corrected chi connectivity index (χ2v) is 15.8. The summed E-state index contributed by atoms with van der Waals surface area (Å²) in [6.07, 6.45) is 0.205. The Morgan fingerprint density at radius 3 is 2.34 bits per heavy atom. The van der Waals surface area contributed by atoms with Crippen LogP contribution in [0.15, 0.2) is 0 Å². The van der Waals surface area contributed by atoms with E-state index in [0.29, 0.717) is 38.4 Å². The molecule has 0 unspecified atom stereocenters. The number of rotatable bonds is 5. The van der Waals surface area contributed by atoms with Crippen LogP contribution in [0.4, 0.5) is 4.79 Å². The molecule has 0 saturated carbocycles. The molecule has 10 heteroatoms. The molecule has 2 rings (SSSR count). The third-order valence-corrected chi connectivity index (χ3v) is 10.6. The van der Waals surface area contributed by atoms with Crippen LogP contribution in [0.3, 0.4) is 0 Å². The molecule has 0 saturated heterocycles. The molecule has 32 heavy (non-hydrogen) atoms. The van der Waals surface area contributed by atoms with Gasteiger partial charge in [-0.25, -0.2) is 4.79 Å². The van der Waals surface area contributed by atoms with Gasteiger partial charge < -0.3 is 24.1 Å². The Bertz CT molecular complexity index is 839. The number of aromatic hydroxyl groups is 1. The molecule has 1 N–H and O–H groups in total. The highest BCUT2D eigenvalue weighted by molar-refractivity contribution is 6.74. The fourth-order valence-electron chi connectivity index (χ4n) is 3.06. The zero-order valence-corrected chi connectivity index (χ0v) is 22.1. The monoisotopic (exact) mass is 468 g/mol. The van der Waals surface area contributed by atoms with Crippen LogP contribution in [-0.4, -0.2) is 77.3 Å². The smallest absolute Gasteiger partial charge is 0.410 e. The van der Waals surface area contributed by atoms with Crippen molar-refractivity contribution in [1.82, 2.24) is 19.6 Å². The first-order valence-corrected chi connectivity index (χ1v) is 14.1. The summed E-state index contributed by atoms with van der Waals surface area (Å²) < 4.78 is 13.2. The normalized spacial score (nSPS) is 15.2. The maximum Gasteiger partial charge on any atom is 0.410 e. The van der Waals surface area contributed by atoms with Crippen LogP contribution >= 0.6 is 0 Å². The Labute approximate surface area is 192 Å². The van der Waals surface area contributed by atoms with E-state index in [0.717, 1.165) is 0 Å². The van der Waals surface area contributed by atoms with Gasteiger partial charge in [0.2, 0.25) is 0 Å². The van der Waals surface area contributed by atoms with Crippen molar-refractivity contribution < 1.29 is 23.9 Å². The quantitative estimate of drug-likeness (QED) is 0.660. The number of likely N-dealkylation sites (N-methyl/N-ethyl adjacent to an activating group) is 1. The first-order chi connectivity index (χ1) is 14.5. The Hall–Kier alpha value is -2.07. The molecule has 0 spiro atoms. The van der Waals surface area contributed by atoms with E-state index in [2.05, 4.69) is 39.0 Å². The zero-order valence-electron chi connectivity index (χ0n) is 21.1.